The molecule has 3 rings (SSSR count). The number of hydrogen-bond acceptors (Lipinski definition) is 4. The highest BCUT2D eigenvalue weighted by Gasteiger charge is 2.47. The molecular weight excluding hydrogens is 266 g/mol. The first-order chi connectivity index (χ1) is 9.99. The molecule has 0 amide bonds. The van der Waals surface area contributed by atoms with Crippen LogP contribution in [-0.4, -0.2) is 24.9 Å². The topological polar surface area (TPSA) is 53.7 Å². The van der Waals surface area contributed by atoms with Crippen LogP contribution in [0, 0.1) is 0 Å². The molecule has 0 radical (unpaired) electrons. The summed E-state index contributed by atoms with van der Waals surface area (Å²) in [6.45, 7) is 5.07. The Hall–Kier alpha value is -1.26. The summed E-state index contributed by atoms with van der Waals surface area (Å²) in [6, 6.07) is 5.93. The predicted octanol–water partition coefficient (Wildman–Crippen LogP) is 3.20. The highest BCUT2D eigenvalue weighted by Crippen LogP contribution is 2.47. The van der Waals surface area contributed by atoms with Crippen LogP contribution in [0.5, 0.6) is 11.5 Å². The van der Waals surface area contributed by atoms with E-state index in [1.807, 2.05) is 18.2 Å². The van der Waals surface area contributed by atoms with Crippen LogP contribution in [-0.2, 0) is 4.74 Å². The Labute approximate surface area is 126 Å². The molecule has 2 heterocycles. The van der Waals surface area contributed by atoms with Crippen molar-refractivity contribution in [2.45, 2.75) is 56.8 Å². The fourth-order valence-electron chi connectivity index (χ4n) is 3.61. The minimum atomic E-state index is -0.207. The van der Waals surface area contributed by atoms with Crippen molar-refractivity contribution in [2.24, 2.45) is 5.73 Å². The second-order valence-corrected chi connectivity index (χ2v) is 6.58. The standard InChI is InChI=1S/C17H25NO3/c1-4-16(2)11-17(7-8-20-16)10-14(18)13-6-5-12(19-3)9-15(13)21-17/h5-6,9,14H,4,7-8,10-11,18H2,1-3H3/t14-,16?,17?/m1/s1. The van der Waals surface area contributed by atoms with Crippen molar-refractivity contribution in [3.05, 3.63) is 23.8 Å². The Kier molecular flexibility index (Phi) is 3.62. The van der Waals surface area contributed by atoms with Gasteiger partial charge in [-0.05, 0) is 19.4 Å². The number of hydrogen-bond donors (Lipinski definition) is 1. The van der Waals surface area contributed by atoms with Gasteiger partial charge in [0.1, 0.15) is 17.1 Å². The van der Waals surface area contributed by atoms with Crippen LogP contribution in [0.25, 0.3) is 0 Å². The van der Waals surface area contributed by atoms with Gasteiger partial charge in [-0.2, -0.15) is 0 Å². The lowest BCUT2D eigenvalue weighted by atomic mass is 9.75. The molecule has 0 aliphatic carbocycles. The van der Waals surface area contributed by atoms with Gasteiger partial charge in [-0.3, -0.25) is 0 Å². The zero-order valence-electron chi connectivity index (χ0n) is 13.1. The SMILES string of the molecule is CCC1(C)CC2(CCO1)C[C@@H](N)c1ccc(OC)cc1O2. The van der Waals surface area contributed by atoms with Gasteiger partial charge in [0, 0.05) is 36.9 Å². The number of fused-ring (bicyclic) bond motifs is 1. The second-order valence-electron chi connectivity index (χ2n) is 6.58. The van der Waals surface area contributed by atoms with E-state index >= 15 is 0 Å². The van der Waals surface area contributed by atoms with Crippen molar-refractivity contribution in [2.75, 3.05) is 13.7 Å². The molecule has 4 heteroatoms. The van der Waals surface area contributed by atoms with Gasteiger partial charge in [-0.1, -0.05) is 13.0 Å². The first-order valence-electron chi connectivity index (χ1n) is 7.76. The summed E-state index contributed by atoms with van der Waals surface area (Å²) in [5.41, 5.74) is 7.16. The van der Waals surface area contributed by atoms with Gasteiger partial charge < -0.3 is 19.9 Å². The summed E-state index contributed by atoms with van der Waals surface area (Å²) in [4.78, 5) is 0. The van der Waals surface area contributed by atoms with E-state index in [1.165, 1.54) is 0 Å². The molecule has 1 aromatic carbocycles. The molecule has 4 nitrogen and oxygen atoms in total. The fourth-order valence-corrected chi connectivity index (χ4v) is 3.61. The van der Waals surface area contributed by atoms with Crippen molar-refractivity contribution in [3.63, 3.8) is 0 Å². The number of benzene rings is 1. The van der Waals surface area contributed by atoms with E-state index in [-0.39, 0.29) is 17.2 Å². The second kappa shape index (κ2) is 5.18. The first-order valence-corrected chi connectivity index (χ1v) is 7.76. The number of nitrogens with two attached hydrogens (primary N) is 1. The van der Waals surface area contributed by atoms with Gasteiger partial charge in [0.05, 0.1) is 19.3 Å². The molecule has 2 N–H and O–H groups in total. The molecule has 1 spiro atoms. The third-order valence-electron chi connectivity index (χ3n) is 4.99. The zero-order valence-corrected chi connectivity index (χ0v) is 13.1. The number of ether oxygens (including phenoxy) is 3. The van der Waals surface area contributed by atoms with Crippen molar-refractivity contribution in [1.82, 2.24) is 0 Å². The molecule has 0 aromatic heterocycles. The lowest BCUT2D eigenvalue weighted by molar-refractivity contribution is -0.151. The average molecular weight is 291 g/mol. The third kappa shape index (κ3) is 2.62. The summed E-state index contributed by atoms with van der Waals surface area (Å²) < 4.78 is 17.7. The quantitative estimate of drug-likeness (QED) is 0.909. The van der Waals surface area contributed by atoms with Crippen LogP contribution in [0.15, 0.2) is 18.2 Å². The molecule has 2 unspecified atom stereocenters. The lowest BCUT2D eigenvalue weighted by Gasteiger charge is -2.49. The van der Waals surface area contributed by atoms with E-state index in [1.54, 1.807) is 7.11 Å². The van der Waals surface area contributed by atoms with Gasteiger partial charge in [0.15, 0.2) is 0 Å². The molecule has 116 valence electrons. The highest BCUT2D eigenvalue weighted by atomic mass is 16.5. The van der Waals surface area contributed by atoms with E-state index in [2.05, 4.69) is 13.8 Å². The average Bonchev–Trinajstić information content (AvgIpc) is 2.46. The van der Waals surface area contributed by atoms with Crippen LogP contribution >= 0.6 is 0 Å². The maximum absolute atomic E-state index is 6.43. The van der Waals surface area contributed by atoms with Crippen molar-refractivity contribution >= 4 is 0 Å². The zero-order chi connectivity index (χ0) is 15.1. The van der Waals surface area contributed by atoms with Crippen LogP contribution in [0.4, 0.5) is 0 Å². The van der Waals surface area contributed by atoms with Crippen LogP contribution < -0.4 is 15.2 Å². The summed E-state index contributed by atoms with van der Waals surface area (Å²) in [6.07, 6.45) is 3.62. The Bertz CT molecular complexity index is 533. The first kappa shape index (κ1) is 14.7. The highest BCUT2D eigenvalue weighted by molar-refractivity contribution is 5.44. The Morgan fingerprint density at radius 1 is 1.43 bits per heavy atom. The molecule has 1 fully saturated rings. The molecule has 2 aliphatic rings. The van der Waals surface area contributed by atoms with Crippen LogP contribution in [0.1, 0.15) is 51.1 Å². The fraction of sp³-hybridized carbons (Fsp3) is 0.647. The van der Waals surface area contributed by atoms with E-state index in [4.69, 9.17) is 19.9 Å². The van der Waals surface area contributed by atoms with Crippen molar-refractivity contribution < 1.29 is 14.2 Å². The van der Waals surface area contributed by atoms with Crippen LogP contribution in [0.3, 0.4) is 0 Å². The van der Waals surface area contributed by atoms with Gasteiger partial charge >= 0.3 is 0 Å². The monoisotopic (exact) mass is 291 g/mol. The van der Waals surface area contributed by atoms with Crippen molar-refractivity contribution in [1.29, 1.82) is 0 Å². The minimum Gasteiger partial charge on any atom is -0.497 e. The smallest absolute Gasteiger partial charge is 0.128 e. The predicted molar refractivity (Wildman–Crippen MR) is 81.8 cm³/mol. The van der Waals surface area contributed by atoms with E-state index in [0.29, 0.717) is 0 Å². The molecule has 1 saturated heterocycles. The Morgan fingerprint density at radius 3 is 2.95 bits per heavy atom. The van der Waals surface area contributed by atoms with Gasteiger partial charge in [-0.15, -0.1) is 0 Å². The van der Waals surface area contributed by atoms with Crippen LogP contribution in [0.2, 0.25) is 0 Å². The molecule has 3 atom stereocenters. The normalized spacial score (nSPS) is 35.1. The summed E-state index contributed by atoms with van der Waals surface area (Å²) in [7, 11) is 1.67. The molecular formula is C17H25NO3. The van der Waals surface area contributed by atoms with Gasteiger partial charge in [0.2, 0.25) is 0 Å². The minimum absolute atomic E-state index is 0.0128. The lowest BCUT2D eigenvalue weighted by Crippen LogP contribution is -2.53. The largest absolute Gasteiger partial charge is 0.497 e. The summed E-state index contributed by atoms with van der Waals surface area (Å²) in [5, 5.41) is 0. The maximum Gasteiger partial charge on any atom is 0.128 e. The van der Waals surface area contributed by atoms with Crippen molar-refractivity contribution in [3.8, 4) is 11.5 Å². The number of rotatable bonds is 2. The maximum atomic E-state index is 6.43. The summed E-state index contributed by atoms with van der Waals surface area (Å²) in [5.74, 6) is 1.68. The molecule has 0 bridgehead atoms. The van der Waals surface area contributed by atoms with E-state index < -0.39 is 0 Å². The van der Waals surface area contributed by atoms with Gasteiger partial charge in [-0.25, -0.2) is 0 Å². The molecule has 21 heavy (non-hydrogen) atoms. The van der Waals surface area contributed by atoms with E-state index in [0.717, 1.165) is 49.4 Å². The van der Waals surface area contributed by atoms with Gasteiger partial charge in [0.25, 0.3) is 0 Å². The summed E-state index contributed by atoms with van der Waals surface area (Å²) >= 11 is 0. The number of methoxy groups -OCH3 is 1. The Morgan fingerprint density at radius 2 is 2.24 bits per heavy atom. The van der Waals surface area contributed by atoms with E-state index in [9.17, 15) is 0 Å². The Balaban J connectivity index is 1.93. The molecule has 2 aliphatic heterocycles. The molecule has 1 aromatic rings. The third-order valence-corrected chi connectivity index (χ3v) is 4.99. The molecule has 0 saturated carbocycles.